The molecule has 2 saturated carbocycles. The molecule has 0 amide bonds. The second-order valence-corrected chi connectivity index (χ2v) is 5.62. The molecular weight excluding hydrogens is 180 g/mol. The summed E-state index contributed by atoms with van der Waals surface area (Å²) < 4.78 is 0. The Bertz CT molecular complexity index is 153. The third-order valence-corrected chi connectivity index (χ3v) is 4.79. The lowest BCUT2D eigenvalue weighted by Gasteiger charge is -2.08. The zero-order valence-electron chi connectivity index (χ0n) is 11.3. The summed E-state index contributed by atoms with van der Waals surface area (Å²) in [6, 6.07) is 0. The molecule has 0 unspecified atom stereocenters. The summed E-state index contributed by atoms with van der Waals surface area (Å²) in [5, 5.41) is 0. The first-order chi connectivity index (χ1) is 7.21. The van der Waals surface area contributed by atoms with E-state index in [9.17, 15) is 0 Å². The largest absolute Gasteiger partial charge is 0.0651 e. The van der Waals surface area contributed by atoms with Crippen molar-refractivity contribution >= 4 is 0 Å². The average molecular weight is 210 g/mol. The minimum absolute atomic E-state index is 0.833. The summed E-state index contributed by atoms with van der Waals surface area (Å²) in [7, 11) is 0. The molecule has 0 bridgehead atoms. The van der Waals surface area contributed by atoms with Crippen molar-refractivity contribution in [2.75, 3.05) is 0 Å². The molecule has 0 radical (unpaired) electrons. The van der Waals surface area contributed by atoms with Gasteiger partial charge in [-0.1, -0.05) is 53.4 Å². The first-order valence-electron chi connectivity index (χ1n) is 7.21. The van der Waals surface area contributed by atoms with Gasteiger partial charge in [-0.05, 0) is 42.9 Å². The maximum Gasteiger partial charge on any atom is -0.0302 e. The van der Waals surface area contributed by atoms with Gasteiger partial charge >= 0.3 is 0 Å². The summed E-state index contributed by atoms with van der Waals surface area (Å²) in [4.78, 5) is 0. The molecule has 0 aromatic heterocycles. The highest BCUT2D eigenvalue weighted by atomic mass is 14.4. The van der Waals surface area contributed by atoms with Crippen LogP contribution in [0.3, 0.4) is 0 Å². The minimum atomic E-state index is 0.833. The van der Waals surface area contributed by atoms with Crippen molar-refractivity contribution in [3.8, 4) is 0 Å². The van der Waals surface area contributed by atoms with Gasteiger partial charge in [-0.25, -0.2) is 0 Å². The van der Waals surface area contributed by atoms with Crippen LogP contribution in [-0.2, 0) is 0 Å². The molecule has 0 atom stereocenters. The van der Waals surface area contributed by atoms with E-state index in [2.05, 4.69) is 27.7 Å². The topological polar surface area (TPSA) is 0 Å². The van der Waals surface area contributed by atoms with Crippen LogP contribution < -0.4 is 0 Å². The van der Waals surface area contributed by atoms with Crippen molar-refractivity contribution in [1.82, 2.24) is 0 Å². The predicted molar refractivity (Wildman–Crippen MR) is 69.0 cm³/mol. The van der Waals surface area contributed by atoms with Crippen LogP contribution >= 0.6 is 0 Å². The Morgan fingerprint density at radius 3 is 1.47 bits per heavy atom. The summed E-state index contributed by atoms with van der Waals surface area (Å²) in [5.41, 5.74) is 0.833. The summed E-state index contributed by atoms with van der Waals surface area (Å²) in [5.74, 6) is 2.19. The van der Waals surface area contributed by atoms with E-state index in [-0.39, 0.29) is 0 Å². The van der Waals surface area contributed by atoms with E-state index < -0.39 is 0 Å². The number of rotatable bonds is 5. The molecule has 0 spiro atoms. The van der Waals surface area contributed by atoms with Gasteiger partial charge in [-0.3, -0.25) is 0 Å². The molecule has 0 aromatic rings. The fraction of sp³-hybridized carbons (Fsp3) is 1.00. The number of hydrogen-bond acceptors (Lipinski definition) is 0. The number of hydrogen-bond donors (Lipinski definition) is 0. The van der Waals surface area contributed by atoms with Crippen molar-refractivity contribution in [2.24, 2.45) is 17.3 Å². The van der Waals surface area contributed by atoms with E-state index in [0.29, 0.717) is 0 Å². The molecule has 0 nitrogen and oxygen atoms in total. The van der Waals surface area contributed by atoms with Gasteiger partial charge in [0.1, 0.15) is 0 Å². The van der Waals surface area contributed by atoms with Gasteiger partial charge in [0.25, 0.3) is 0 Å². The van der Waals surface area contributed by atoms with E-state index in [1.54, 1.807) is 0 Å². The van der Waals surface area contributed by atoms with Crippen LogP contribution in [0, 0.1) is 17.3 Å². The van der Waals surface area contributed by atoms with E-state index >= 15 is 0 Å². The molecule has 0 aromatic carbocycles. The van der Waals surface area contributed by atoms with Crippen LogP contribution in [0.15, 0.2) is 0 Å². The minimum Gasteiger partial charge on any atom is -0.0651 e. The SMILES string of the molecule is CCC(CC)C1CC1.CCC1(CC)CC1. The molecule has 90 valence electrons. The Labute approximate surface area is 96.8 Å². The van der Waals surface area contributed by atoms with Crippen LogP contribution in [-0.4, -0.2) is 0 Å². The Morgan fingerprint density at radius 2 is 1.40 bits per heavy atom. The van der Waals surface area contributed by atoms with Gasteiger partial charge in [-0.2, -0.15) is 0 Å². The smallest absolute Gasteiger partial charge is 0.0302 e. The fourth-order valence-corrected chi connectivity index (χ4v) is 2.66. The third-order valence-electron chi connectivity index (χ3n) is 4.79. The Morgan fingerprint density at radius 1 is 0.933 bits per heavy atom. The van der Waals surface area contributed by atoms with Crippen LogP contribution in [0.4, 0.5) is 0 Å². The Balaban J connectivity index is 0.000000151. The lowest BCUT2D eigenvalue weighted by Crippen LogP contribution is -1.97. The molecule has 0 aliphatic heterocycles. The zero-order chi connectivity index (χ0) is 11.3. The summed E-state index contributed by atoms with van der Waals surface area (Å²) in [6.07, 6.45) is 11.7. The standard InChI is InChI=1S/C8H16.C7H14/c1-3-7(4-2)8-5-6-8;1-3-7(4-2)5-6-7/h7-8H,3-6H2,1-2H3;3-6H2,1-2H3. The van der Waals surface area contributed by atoms with Gasteiger partial charge in [0.15, 0.2) is 0 Å². The van der Waals surface area contributed by atoms with Crippen molar-refractivity contribution in [3.05, 3.63) is 0 Å². The second-order valence-electron chi connectivity index (χ2n) is 5.62. The van der Waals surface area contributed by atoms with Crippen LogP contribution in [0.2, 0.25) is 0 Å². The fourth-order valence-electron chi connectivity index (χ4n) is 2.66. The Hall–Kier alpha value is 0. The van der Waals surface area contributed by atoms with Gasteiger partial charge in [0.05, 0.1) is 0 Å². The molecule has 0 heteroatoms. The molecule has 2 rings (SSSR count). The predicted octanol–water partition coefficient (Wildman–Crippen LogP) is 5.42. The molecule has 15 heavy (non-hydrogen) atoms. The average Bonchev–Trinajstić information content (AvgIpc) is 3.16. The maximum atomic E-state index is 2.31. The molecule has 0 heterocycles. The van der Waals surface area contributed by atoms with Gasteiger partial charge in [0, 0.05) is 0 Å². The summed E-state index contributed by atoms with van der Waals surface area (Å²) in [6.45, 7) is 9.23. The van der Waals surface area contributed by atoms with Crippen molar-refractivity contribution in [2.45, 2.75) is 79.1 Å². The Kier molecular flexibility index (Phi) is 5.15. The third kappa shape index (κ3) is 4.17. The van der Waals surface area contributed by atoms with E-state index in [4.69, 9.17) is 0 Å². The normalized spacial score (nSPS) is 22.2. The quantitative estimate of drug-likeness (QED) is 0.568. The van der Waals surface area contributed by atoms with Gasteiger partial charge in [0.2, 0.25) is 0 Å². The van der Waals surface area contributed by atoms with E-state index in [0.717, 1.165) is 17.3 Å². The van der Waals surface area contributed by atoms with E-state index in [1.165, 1.54) is 51.4 Å². The maximum absolute atomic E-state index is 2.31. The van der Waals surface area contributed by atoms with Gasteiger partial charge < -0.3 is 0 Å². The first kappa shape index (κ1) is 13.1. The van der Waals surface area contributed by atoms with Crippen molar-refractivity contribution in [1.29, 1.82) is 0 Å². The summed E-state index contributed by atoms with van der Waals surface area (Å²) >= 11 is 0. The highest BCUT2D eigenvalue weighted by Gasteiger charge is 2.38. The molecule has 2 aliphatic rings. The lowest BCUT2D eigenvalue weighted by atomic mass is 9.98. The molecule has 2 aliphatic carbocycles. The highest BCUT2D eigenvalue weighted by molar-refractivity contribution is 4.89. The second kappa shape index (κ2) is 5.92. The zero-order valence-corrected chi connectivity index (χ0v) is 11.3. The molecule has 2 fully saturated rings. The monoisotopic (exact) mass is 210 g/mol. The lowest BCUT2D eigenvalue weighted by molar-refractivity contribution is 0.433. The van der Waals surface area contributed by atoms with Crippen molar-refractivity contribution in [3.63, 3.8) is 0 Å². The van der Waals surface area contributed by atoms with E-state index in [1.807, 2.05) is 0 Å². The first-order valence-corrected chi connectivity index (χ1v) is 7.21. The van der Waals surface area contributed by atoms with Crippen molar-refractivity contribution < 1.29 is 0 Å². The molecule has 0 saturated heterocycles. The molecular formula is C15H30. The van der Waals surface area contributed by atoms with Gasteiger partial charge in [-0.15, -0.1) is 0 Å². The highest BCUT2D eigenvalue weighted by Crippen LogP contribution is 2.51. The molecule has 0 N–H and O–H groups in total. The van der Waals surface area contributed by atoms with Crippen LogP contribution in [0.5, 0.6) is 0 Å². The van der Waals surface area contributed by atoms with Crippen LogP contribution in [0.25, 0.3) is 0 Å². The van der Waals surface area contributed by atoms with Crippen LogP contribution in [0.1, 0.15) is 79.1 Å².